The lowest BCUT2D eigenvalue weighted by atomic mass is 10.0. The highest BCUT2D eigenvalue weighted by Crippen LogP contribution is 2.31. The van der Waals surface area contributed by atoms with Gasteiger partial charge in [-0.15, -0.1) is 0 Å². The van der Waals surface area contributed by atoms with Gasteiger partial charge in [0.2, 0.25) is 0 Å². The van der Waals surface area contributed by atoms with Gasteiger partial charge >= 0.3 is 0 Å². The maximum atomic E-state index is 11.4. The van der Waals surface area contributed by atoms with Gasteiger partial charge in [-0.25, -0.2) is 0 Å². The Morgan fingerprint density at radius 2 is 1.84 bits per heavy atom. The normalized spacial score (nSPS) is 10.8. The zero-order valence-corrected chi connectivity index (χ0v) is 11.2. The van der Waals surface area contributed by atoms with E-state index in [1.54, 1.807) is 0 Å². The van der Waals surface area contributed by atoms with Crippen molar-refractivity contribution in [2.45, 2.75) is 6.92 Å². The summed E-state index contributed by atoms with van der Waals surface area (Å²) in [6.07, 6.45) is 0.912. The SMILES string of the molecule is Cc1cccc2[nH]c(-c3ccc(Cl)cc3)c(C=O)c12. The number of H-pyrrole nitrogens is 1. The van der Waals surface area contributed by atoms with Gasteiger partial charge in [-0.3, -0.25) is 4.79 Å². The van der Waals surface area contributed by atoms with Crippen molar-refractivity contribution in [1.29, 1.82) is 0 Å². The Balaban J connectivity index is 2.32. The summed E-state index contributed by atoms with van der Waals surface area (Å²) in [5.74, 6) is 0. The van der Waals surface area contributed by atoms with Crippen LogP contribution in [0, 0.1) is 6.92 Å². The fourth-order valence-electron chi connectivity index (χ4n) is 2.42. The van der Waals surface area contributed by atoms with Crippen molar-refractivity contribution >= 4 is 28.8 Å². The molecular weight excluding hydrogens is 258 g/mol. The van der Waals surface area contributed by atoms with Crippen LogP contribution in [0.25, 0.3) is 22.2 Å². The summed E-state index contributed by atoms with van der Waals surface area (Å²) in [6.45, 7) is 2.01. The third kappa shape index (κ3) is 1.94. The lowest BCUT2D eigenvalue weighted by molar-refractivity contribution is 0.112. The van der Waals surface area contributed by atoms with Crippen LogP contribution in [0.1, 0.15) is 15.9 Å². The average molecular weight is 270 g/mol. The molecule has 0 fully saturated rings. The molecule has 3 aromatic rings. The van der Waals surface area contributed by atoms with E-state index in [9.17, 15) is 4.79 Å². The molecule has 0 aliphatic heterocycles. The molecule has 1 heterocycles. The predicted molar refractivity (Wildman–Crippen MR) is 78.9 cm³/mol. The van der Waals surface area contributed by atoms with Gasteiger partial charge in [0.25, 0.3) is 0 Å². The maximum absolute atomic E-state index is 11.4. The molecule has 0 unspecified atom stereocenters. The minimum Gasteiger partial charge on any atom is -0.354 e. The molecule has 94 valence electrons. The van der Waals surface area contributed by atoms with E-state index in [4.69, 9.17) is 11.6 Å². The van der Waals surface area contributed by atoms with Crippen LogP contribution in [0.15, 0.2) is 42.5 Å². The van der Waals surface area contributed by atoms with Gasteiger partial charge in [0, 0.05) is 21.5 Å². The third-order valence-corrected chi connectivity index (χ3v) is 3.57. The number of rotatable bonds is 2. The fraction of sp³-hybridized carbons (Fsp3) is 0.0625. The number of hydrogen-bond acceptors (Lipinski definition) is 1. The molecule has 2 nitrogen and oxygen atoms in total. The monoisotopic (exact) mass is 269 g/mol. The topological polar surface area (TPSA) is 32.9 Å². The second-order valence-corrected chi connectivity index (χ2v) is 4.97. The molecule has 0 amide bonds. The van der Waals surface area contributed by atoms with E-state index in [2.05, 4.69) is 4.98 Å². The van der Waals surface area contributed by atoms with Crippen molar-refractivity contribution < 1.29 is 4.79 Å². The van der Waals surface area contributed by atoms with Crippen LogP contribution in [0.2, 0.25) is 5.02 Å². The number of aryl methyl sites for hydroxylation is 1. The van der Waals surface area contributed by atoms with E-state index < -0.39 is 0 Å². The first kappa shape index (κ1) is 12.0. The van der Waals surface area contributed by atoms with Gasteiger partial charge in [-0.2, -0.15) is 0 Å². The van der Waals surface area contributed by atoms with E-state index in [0.29, 0.717) is 10.6 Å². The molecular formula is C16H12ClNO. The Labute approximate surface area is 116 Å². The second-order valence-electron chi connectivity index (χ2n) is 4.54. The van der Waals surface area contributed by atoms with Crippen LogP contribution in [0.3, 0.4) is 0 Å². The number of aromatic amines is 1. The number of halogens is 1. The number of aromatic nitrogens is 1. The number of fused-ring (bicyclic) bond motifs is 1. The molecule has 3 rings (SSSR count). The minimum atomic E-state index is 0.684. The molecule has 1 aromatic heterocycles. The van der Waals surface area contributed by atoms with Crippen molar-refractivity contribution in [3.63, 3.8) is 0 Å². The van der Waals surface area contributed by atoms with Crippen molar-refractivity contribution in [3.05, 3.63) is 58.6 Å². The Bertz CT molecular complexity index is 756. The van der Waals surface area contributed by atoms with Gasteiger partial charge < -0.3 is 4.98 Å². The Morgan fingerprint density at radius 1 is 1.11 bits per heavy atom. The Kier molecular flexibility index (Phi) is 2.88. The Morgan fingerprint density at radius 3 is 2.53 bits per heavy atom. The zero-order valence-electron chi connectivity index (χ0n) is 10.4. The van der Waals surface area contributed by atoms with Crippen molar-refractivity contribution in [2.24, 2.45) is 0 Å². The largest absolute Gasteiger partial charge is 0.354 e. The predicted octanol–water partition coefficient (Wildman–Crippen LogP) is 4.61. The lowest BCUT2D eigenvalue weighted by Gasteiger charge is -2.00. The first-order valence-electron chi connectivity index (χ1n) is 6.03. The summed E-state index contributed by atoms with van der Waals surface area (Å²) in [5, 5.41) is 1.67. The van der Waals surface area contributed by atoms with Crippen LogP contribution < -0.4 is 0 Å². The number of benzene rings is 2. The van der Waals surface area contributed by atoms with E-state index in [-0.39, 0.29) is 0 Å². The molecule has 0 atom stereocenters. The first-order valence-corrected chi connectivity index (χ1v) is 6.41. The molecule has 0 aliphatic carbocycles. The second kappa shape index (κ2) is 4.56. The summed E-state index contributed by atoms with van der Waals surface area (Å²) >= 11 is 5.90. The molecule has 1 N–H and O–H groups in total. The van der Waals surface area contributed by atoms with Gasteiger partial charge in [0.05, 0.1) is 5.69 Å². The number of carbonyl (C=O) groups is 1. The molecule has 0 saturated heterocycles. The van der Waals surface area contributed by atoms with Crippen molar-refractivity contribution in [2.75, 3.05) is 0 Å². The highest BCUT2D eigenvalue weighted by Gasteiger charge is 2.13. The van der Waals surface area contributed by atoms with E-state index in [1.165, 1.54) is 0 Å². The summed E-state index contributed by atoms with van der Waals surface area (Å²) in [7, 11) is 0. The molecule has 0 radical (unpaired) electrons. The summed E-state index contributed by atoms with van der Waals surface area (Å²) in [5.41, 5.74) is 4.58. The molecule has 0 aliphatic rings. The van der Waals surface area contributed by atoms with E-state index in [1.807, 2.05) is 49.4 Å². The molecule has 0 saturated carbocycles. The average Bonchev–Trinajstić information content (AvgIpc) is 2.79. The maximum Gasteiger partial charge on any atom is 0.152 e. The van der Waals surface area contributed by atoms with E-state index in [0.717, 1.165) is 34.0 Å². The highest BCUT2D eigenvalue weighted by atomic mass is 35.5. The molecule has 3 heteroatoms. The number of aldehydes is 1. The molecule has 19 heavy (non-hydrogen) atoms. The van der Waals surface area contributed by atoms with Gasteiger partial charge in [0.15, 0.2) is 6.29 Å². The lowest BCUT2D eigenvalue weighted by Crippen LogP contribution is -1.85. The third-order valence-electron chi connectivity index (χ3n) is 3.32. The number of hydrogen-bond donors (Lipinski definition) is 1. The fourth-order valence-corrected chi connectivity index (χ4v) is 2.54. The van der Waals surface area contributed by atoms with E-state index >= 15 is 0 Å². The molecule has 2 aromatic carbocycles. The minimum absolute atomic E-state index is 0.684. The van der Waals surface area contributed by atoms with Crippen LogP contribution in [-0.4, -0.2) is 11.3 Å². The van der Waals surface area contributed by atoms with Crippen molar-refractivity contribution in [1.82, 2.24) is 4.98 Å². The smallest absolute Gasteiger partial charge is 0.152 e. The number of carbonyl (C=O) groups excluding carboxylic acids is 1. The standard InChI is InChI=1S/C16H12ClNO/c1-10-3-2-4-14-15(10)13(9-19)16(18-14)11-5-7-12(17)8-6-11/h2-9,18H,1H3. The quantitative estimate of drug-likeness (QED) is 0.677. The highest BCUT2D eigenvalue weighted by molar-refractivity contribution is 6.30. The number of nitrogens with one attached hydrogen (secondary N) is 1. The van der Waals surface area contributed by atoms with Gasteiger partial charge in [0.1, 0.15) is 0 Å². The van der Waals surface area contributed by atoms with Crippen LogP contribution in [0.5, 0.6) is 0 Å². The summed E-state index contributed by atoms with van der Waals surface area (Å²) in [6, 6.07) is 13.4. The van der Waals surface area contributed by atoms with Crippen LogP contribution in [-0.2, 0) is 0 Å². The Hall–Kier alpha value is -2.06. The van der Waals surface area contributed by atoms with Gasteiger partial charge in [-0.1, -0.05) is 35.9 Å². The van der Waals surface area contributed by atoms with Gasteiger partial charge in [-0.05, 0) is 36.2 Å². The summed E-state index contributed by atoms with van der Waals surface area (Å²) < 4.78 is 0. The molecule has 0 spiro atoms. The zero-order chi connectivity index (χ0) is 13.4. The van der Waals surface area contributed by atoms with Crippen LogP contribution in [0.4, 0.5) is 0 Å². The molecule has 0 bridgehead atoms. The first-order chi connectivity index (χ1) is 9.20. The summed E-state index contributed by atoms with van der Waals surface area (Å²) in [4.78, 5) is 14.8. The van der Waals surface area contributed by atoms with Crippen LogP contribution >= 0.6 is 11.6 Å². The van der Waals surface area contributed by atoms with Crippen molar-refractivity contribution in [3.8, 4) is 11.3 Å².